The minimum Gasteiger partial charge on any atom is -0.398 e. The van der Waals surface area contributed by atoms with Crippen molar-refractivity contribution >= 4 is 17.3 Å². The van der Waals surface area contributed by atoms with Crippen molar-refractivity contribution in [2.75, 3.05) is 5.73 Å². The molecule has 0 radical (unpaired) electrons. The fourth-order valence-electron chi connectivity index (χ4n) is 2.21. The molecule has 1 aliphatic carbocycles. The van der Waals surface area contributed by atoms with E-state index in [1.807, 2.05) is 6.92 Å². The minimum absolute atomic E-state index is 0.245. The molecule has 1 aromatic heterocycles. The first-order chi connectivity index (χ1) is 9.35. The van der Waals surface area contributed by atoms with Gasteiger partial charge in [-0.3, -0.25) is 0 Å². The molecule has 2 aromatic rings. The first-order valence-electron chi connectivity index (χ1n) is 6.09. The van der Waals surface area contributed by atoms with E-state index in [0.717, 1.165) is 5.56 Å². The molecular weight excluding hydrogens is 288 g/mol. The summed E-state index contributed by atoms with van der Waals surface area (Å²) in [7, 11) is 0. The Kier molecular flexibility index (Phi) is 2.89. The molecule has 8 heteroatoms. The van der Waals surface area contributed by atoms with E-state index in [-0.39, 0.29) is 12.8 Å². The van der Waals surface area contributed by atoms with Crippen LogP contribution in [0.5, 0.6) is 0 Å². The Labute approximate surface area is 118 Å². The average molecular weight is 300 g/mol. The Bertz CT molecular complexity index is 662. The third kappa shape index (κ3) is 2.22. The zero-order chi connectivity index (χ0) is 14.5. The SMILES string of the molecule is Cc1cc(Cl)c(N)cc1-c1nnn(C2CC(F)(F)C2)n1. The zero-order valence-electron chi connectivity index (χ0n) is 10.6. The molecule has 1 saturated carbocycles. The number of tetrazole rings is 1. The molecule has 1 aliphatic rings. The largest absolute Gasteiger partial charge is 0.398 e. The lowest BCUT2D eigenvalue weighted by molar-refractivity contribution is -0.110. The lowest BCUT2D eigenvalue weighted by Gasteiger charge is -2.33. The van der Waals surface area contributed by atoms with E-state index in [4.69, 9.17) is 17.3 Å². The van der Waals surface area contributed by atoms with Gasteiger partial charge in [0.05, 0.1) is 16.8 Å². The number of halogens is 3. The van der Waals surface area contributed by atoms with Gasteiger partial charge in [-0.25, -0.2) is 8.78 Å². The van der Waals surface area contributed by atoms with Gasteiger partial charge in [-0.05, 0) is 29.8 Å². The Balaban J connectivity index is 1.89. The van der Waals surface area contributed by atoms with Crippen LogP contribution in [0.25, 0.3) is 11.4 Å². The van der Waals surface area contributed by atoms with Crippen molar-refractivity contribution < 1.29 is 8.78 Å². The van der Waals surface area contributed by atoms with Gasteiger partial charge in [-0.1, -0.05) is 11.6 Å². The molecule has 0 aliphatic heterocycles. The molecule has 20 heavy (non-hydrogen) atoms. The number of rotatable bonds is 2. The van der Waals surface area contributed by atoms with Crippen molar-refractivity contribution in [3.8, 4) is 11.4 Å². The van der Waals surface area contributed by atoms with Crippen LogP contribution in [0.2, 0.25) is 5.02 Å². The van der Waals surface area contributed by atoms with Gasteiger partial charge in [0.25, 0.3) is 5.92 Å². The van der Waals surface area contributed by atoms with E-state index in [1.165, 1.54) is 4.80 Å². The predicted molar refractivity (Wildman–Crippen MR) is 70.6 cm³/mol. The second-order valence-corrected chi connectivity index (χ2v) is 5.45. The van der Waals surface area contributed by atoms with Crippen LogP contribution in [0.3, 0.4) is 0 Å². The maximum atomic E-state index is 12.8. The number of aryl methyl sites for hydroxylation is 1. The van der Waals surface area contributed by atoms with Crippen LogP contribution in [0.4, 0.5) is 14.5 Å². The summed E-state index contributed by atoms with van der Waals surface area (Å²) in [6, 6.07) is 2.98. The van der Waals surface area contributed by atoms with Crippen molar-refractivity contribution in [1.29, 1.82) is 0 Å². The summed E-state index contributed by atoms with van der Waals surface area (Å²) in [5, 5.41) is 12.4. The van der Waals surface area contributed by atoms with Gasteiger partial charge in [-0.2, -0.15) is 4.80 Å². The van der Waals surface area contributed by atoms with Gasteiger partial charge < -0.3 is 5.73 Å². The highest BCUT2D eigenvalue weighted by atomic mass is 35.5. The standard InChI is InChI=1S/C12H12ClF2N5/c1-6-2-9(13)10(16)3-8(6)11-17-19-20(18-11)7-4-12(14,15)5-7/h2-3,7H,4-5,16H2,1H3. The highest BCUT2D eigenvalue weighted by Crippen LogP contribution is 2.44. The molecule has 1 fully saturated rings. The van der Waals surface area contributed by atoms with E-state index in [1.54, 1.807) is 12.1 Å². The summed E-state index contributed by atoms with van der Waals surface area (Å²) >= 11 is 5.92. The lowest BCUT2D eigenvalue weighted by atomic mass is 9.89. The number of aromatic nitrogens is 4. The van der Waals surface area contributed by atoms with Crippen LogP contribution in [-0.4, -0.2) is 26.1 Å². The van der Waals surface area contributed by atoms with Gasteiger partial charge >= 0.3 is 0 Å². The third-order valence-electron chi connectivity index (χ3n) is 3.41. The zero-order valence-corrected chi connectivity index (χ0v) is 11.4. The number of alkyl halides is 2. The van der Waals surface area contributed by atoms with E-state index in [0.29, 0.717) is 22.1 Å². The number of nitrogen functional groups attached to an aromatic ring is 1. The molecule has 0 atom stereocenters. The van der Waals surface area contributed by atoms with Crippen LogP contribution < -0.4 is 5.73 Å². The molecule has 0 unspecified atom stereocenters. The van der Waals surface area contributed by atoms with E-state index in [2.05, 4.69) is 15.4 Å². The van der Waals surface area contributed by atoms with Crippen LogP contribution >= 0.6 is 11.6 Å². The second kappa shape index (κ2) is 4.37. The van der Waals surface area contributed by atoms with E-state index >= 15 is 0 Å². The Morgan fingerprint density at radius 2 is 2.10 bits per heavy atom. The topological polar surface area (TPSA) is 69.6 Å². The van der Waals surface area contributed by atoms with Gasteiger partial charge in [0.2, 0.25) is 5.82 Å². The van der Waals surface area contributed by atoms with Crippen molar-refractivity contribution in [2.24, 2.45) is 0 Å². The summed E-state index contributed by atoms with van der Waals surface area (Å²) in [5.74, 6) is -2.25. The number of anilines is 1. The molecule has 0 saturated heterocycles. The molecule has 0 bridgehead atoms. The molecular formula is C12H12ClF2N5. The Morgan fingerprint density at radius 3 is 2.75 bits per heavy atom. The van der Waals surface area contributed by atoms with Crippen molar-refractivity contribution in [2.45, 2.75) is 31.7 Å². The van der Waals surface area contributed by atoms with Crippen molar-refractivity contribution in [1.82, 2.24) is 20.2 Å². The molecule has 0 amide bonds. The summed E-state index contributed by atoms with van der Waals surface area (Å²) in [6.45, 7) is 1.85. The summed E-state index contributed by atoms with van der Waals surface area (Å²) in [5.41, 5.74) is 7.72. The molecule has 0 spiro atoms. The summed E-state index contributed by atoms with van der Waals surface area (Å²) in [4.78, 5) is 1.25. The second-order valence-electron chi connectivity index (χ2n) is 5.04. The normalized spacial score (nSPS) is 18.0. The summed E-state index contributed by atoms with van der Waals surface area (Å²) in [6.07, 6.45) is -0.491. The average Bonchev–Trinajstić information content (AvgIpc) is 2.79. The summed E-state index contributed by atoms with van der Waals surface area (Å²) < 4.78 is 25.7. The van der Waals surface area contributed by atoms with Crippen LogP contribution in [-0.2, 0) is 0 Å². The molecule has 5 nitrogen and oxygen atoms in total. The van der Waals surface area contributed by atoms with E-state index in [9.17, 15) is 8.78 Å². The first kappa shape index (κ1) is 13.2. The Morgan fingerprint density at radius 1 is 1.40 bits per heavy atom. The van der Waals surface area contributed by atoms with Gasteiger partial charge in [0.15, 0.2) is 0 Å². The number of benzene rings is 1. The molecule has 3 rings (SSSR count). The van der Waals surface area contributed by atoms with Crippen molar-refractivity contribution in [3.63, 3.8) is 0 Å². The van der Waals surface area contributed by atoms with Gasteiger partial charge in [0.1, 0.15) is 0 Å². The number of nitrogens with zero attached hydrogens (tertiary/aromatic N) is 4. The fourth-order valence-corrected chi connectivity index (χ4v) is 2.43. The maximum absolute atomic E-state index is 12.8. The lowest BCUT2D eigenvalue weighted by Crippen LogP contribution is -2.38. The third-order valence-corrected chi connectivity index (χ3v) is 3.74. The smallest absolute Gasteiger partial charge is 0.252 e. The van der Waals surface area contributed by atoms with Crippen LogP contribution in [0.1, 0.15) is 24.4 Å². The molecule has 2 N–H and O–H groups in total. The van der Waals surface area contributed by atoms with E-state index < -0.39 is 12.0 Å². The number of hydrogen-bond donors (Lipinski definition) is 1. The highest BCUT2D eigenvalue weighted by Gasteiger charge is 2.47. The van der Waals surface area contributed by atoms with Gasteiger partial charge in [0, 0.05) is 18.4 Å². The maximum Gasteiger partial charge on any atom is 0.252 e. The number of hydrogen-bond acceptors (Lipinski definition) is 4. The predicted octanol–water partition coefficient (Wildman–Crippen LogP) is 2.85. The fraction of sp³-hybridized carbons (Fsp3) is 0.417. The molecule has 106 valence electrons. The van der Waals surface area contributed by atoms with Crippen LogP contribution in [0.15, 0.2) is 12.1 Å². The molecule has 1 aromatic carbocycles. The molecule has 1 heterocycles. The minimum atomic E-state index is -2.61. The highest BCUT2D eigenvalue weighted by molar-refractivity contribution is 6.33. The number of nitrogens with two attached hydrogens (primary N) is 1. The van der Waals surface area contributed by atoms with Crippen molar-refractivity contribution in [3.05, 3.63) is 22.7 Å². The first-order valence-corrected chi connectivity index (χ1v) is 6.47. The monoisotopic (exact) mass is 299 g/mol. The quantitative estimate of drug-likeness (QED) is 0.866. The Hall–Kier alpha value is -1.76. The van der Waals surface area contributed by atoms with Crippen LogP contribution in [0, 0.1) is 6.92 Å². The van der Waals surface area contributed by atoms with Gasteiger partial charge in [-0.15, -0.1) is 10.2 Å².